The van der Waals surface area contributed by atoms with Crippen LogP contribution in [0.1, 0.15) is 19.8 Å². The number of aliphatic carboxylic acids is 1. The first-order valence-corrected chi connectivity index (χ1v) is 4.39. The van der Waals surface area contributed by atoms with Gasteiger partial charge in [-0.15, -0.1) is 0 Å². The second kappa shape index (κ2) is 5.09. The van der Waals surface area contributed by atoms with Crippen LogP contribution >= 0.6 is 0 Å². The summed E-state index contributed by atoms with van der Waals surface area (Å²) in [5, 5.41) is 8.42. The molecule has 0 aliphatic rings. The first-order valence-electron chi connectivity index (χ1n) is 3.21. The van der Waals surface area contributed by atoms with Crippen molar-refractivity contribution in [2.45, 2.75) is 25.8 Å². The highest BCUT2D eigenvalue weighted by atomic mass is 32.2. The summed E-state index contributed by atoms with van der Waals surface area (Å²) in [4.78, 5) is 10.3. The molecule has 0 rings (SSSR count). The van der Waals surface area contributed by atoms with Gasteiger partial charge in [0.2, 0.25) is 10.9 Å². The Bertz CT molecular complexity index is 193. The highest BCUT2D eigenvalue weighted by molar-refractivity contribution is 7.70. The van der Waals surface area contributed by atoms with E-state index in [0.29, 0.717) is 12.8 Å². The number of nitrogens with one attached hydrogen (secondary N) is 1. The third-order valence-electron chi connectivity index (χ3n) is 1.14. The number of hydrogen-bond donors (Lipinski definition) is 3. The molecule has 0 bridgehead atoms. The van der Waals surface area contributed by atoms with Gasteiger partial charge in [0.25, 0.3) is 0 Å². The van der Waals surface area contributed by atoms with Gasteiger partial charge >= 0.3 is 5.97 Å². The van der Waals surface area contributed by atoms with Crippen LogP contribution in [-0.4, -0.2) is 25.5 Å². The predicted octanol–water partition coefficient (Wildman–Crippen LogP) is -0.644. The molecule has 0 unspecified atom stereocenters. The molecule has 6 heteroatoms. The van der Waals surface area contributed by atoms with E-state index < -0.39 is 22.9 Å². The smallest absolute Gasteiger partial charge is 0.321 e. The Morgan fingerprint density at radius 1 is 1.64 bits per heavy atom. The van der Waals surface area contributed by atoms with Crippen LogP contribution in [0.25, 0.3) is 0 Å². The normalized spacial score (nSPS) is 13.3. The van der Waals surface area contributed by atoms with Crippen LogP contribution in [0.3, 0.4) is 0 Å². The molecule has 66 valence electrons. The van der Waals surface area contributed by atoms with Gasteiger partial charge in [0, 0.05) is 0 Å². The van der Waals surface area contributed by atoms with Gasteiger partial charge in [-0.3, -0.25) is 4.79 Å². The predicted molar refractivity (Wildman–Crippen MR) is 39.8 cm³/mol. The molecule has 11 heavy (non-hydrogen) atoms. The lowest BCUT2D eigenvalue weighted by molar-refractivity contribution is -0.139. The minimum absolute atomic E-state index is 0.318. The lowest BCUT2D eigenvalue weighted by Gasteiger charge is -2.06. The van der Waals surface area contributed by atoms with Crippen molar-refractivity contribution in [1.29, 1.82) is 0 Å². The van der Waals surface area contributed by atoms with E-state index in [2.05, 4.69) is 0 Å². The molecule has 5 nitrogen and oxygen atoms in total. The van der Waals surface area contributed by atoms with E-state index in [0.717, 1.165) is 0 Å². The largest absolute Gasteiger partial charge is 0.480 e. The van der Waals surface area contributed by atoms with Crippen molar-refractivity contribution in [3.63, 3.8) is 0 Å². The molecule has 0 saturated heterocycles. The van der Waals surface area contributed by atoms with E-state index in [1.807, 2.05) is 4.72 Å². The zero-order valence-corrected chi connectivity index (χ0v) is 7.01. The Kier molecular flexibility index (Phi) is 4.80. The summed E-state index contributed by atoms with van der Waals surface area (Å²) >= 11 is 0. The third kappa shape index (κ3) is 4.74. The van der Waals surface area contributed by atoms with Crippen molar-refractivity contribution in [2.24, 2.45) is 0 Å². The molecular formula is C5H11NO4S. The van der Waals surface area contributed by atoms with Crippen molar-refractivity contribution in [1.82, 2.24) is 4.72 Å². The van der Waals surface area contributed by atoms with Crippen molar-refractivity contribution >= 4 is 16.9 Å². The lowest BCUT2D eigenvalue weighted by atomic mass is 10.2. The SMILES string of the molecule is CCC[C@H](N[SH](=O)=O)C(=O)O. The topological polar surface area (TPSA) is 83.5 Å². The van der Waals surface area contributed by atoms with Gasteiger partial charge in [-0.05, 0) is 6.42 Å². The van der Waals surface area contributed by atoms with Gasteiger partial charge in [-0.2, -0.15) is 0 Å². The number of carbonyl (C=O) groups is 1. The number of thiol groups is 1. The van der Waals surface area contributed by atoms with Gasteiger partial charge < -0.3 is 5.11 Å². The molecule has 2 N–H and O–H groups in total. The molecule has 1 atom stereocenters. The molecule has 0 radical (unpaired) electrons. The van der Waals surface area contributed by atoms with Crippen LogP contribution in [0.15, 0.2) is 0 Å². The van der Waals surface area contributed by atoms with E-state index in [9.17, 15) is 13.2 Å². The minimum atomic E-state index is -2.81. The van der Waals surface area contributed by atoms with Gasteiger partial charge in [0.15, 0.2) is 0 Å². The Labute approximate surface area is 66.5 Å². The Morgan fingerprint density at radius 3 is 2.45 bits per heavy atom. The van der Waals surface area contributed by atoms with Gasteiger partial charge in [-0.1, -0.05) is 13.3 Å². The maximum absolute atomic E-state index is 10.3. The lowest BCUT2D eigenvalue weighted by Crippen LogP contribution is -2.35. The average Bonchev–Trinajstić information content (AvgIpc) is 1.86. The average molecular weight is 181 g/mol. The second-order valence-corrected chi connectivity index (χ2v) is 2.84. The molecule has 0 aliphatic heterocycles. The molecule has 0 aromatic heterocycles. The maximum Gasteiger partial charge on any atom is 0.321 e. The summed E-state index contributed by atoms with van der Waals surface area (Å²) in [5.41, 5.74) is 0. The first kappa shape index (κ1) is 10.4. The third-order valence-corrected chi connectivity index (χ3v) is 1.66. The van der Waals surface area contributed by atoms with Crippen LogP contribution < -0.4 is 4.72 Å². The highest BCUT2D eigenvalue weighted by Crippen LogP contribution is 1.95. The van der Waals surface area contributed by atoms with Crippen molar-refractivity contribution in [3.8, 4) is 0 Å². The summed E-state index contributed by atoms with van der Waals surface area (Å²) in [5.74, 6) is -1.13. The molecular weight excluding hydrogens is 170 g/mol. The minimum Gasteiger partial charge on any atom is -0.480 e. The molecule has 0 aromatic rings. The molecule has 0 aromatic carbocycles. The quantitative estimate of drug-likeness (QED) is 0.492. The zero-order valence-electron chi connectivity index (χ0n) is 6.11. The van der Waals surface area contributed by atoms with Crippen LogP contribution in [-0.2, 0) is 15.7 Å². The molecule has 0 amide bonds. The van der Waals surface area contributed by atoms with Crippen LogP contribution in [0.2, 0.25) is 0 Å². The zero-order chi connectivity index (χ0) is 8.85. The fourth-order valence-electron chi connectivity index (χ4n) is 0.659. The first-order chi connectivity index (χ1) is 5.07. The van der Waals surface area contributed by atoms with Gasteiger partial charge in [-0.25, -0.2) is 13.1 Å². The molecule has 0 fully saturated rings. The molecule has 0 spiro atoms. The standard InChI is InChI=1S/C5H11NO4S/c1-2-3-4(5(7)8)6-11(9)10/h4,11H,2-3H2,1H3,(H,7,8)(H,6,9,10)/t4-/m0/s1. The number of hydrogen-bond acceptors (Lipinski definition) is 3. The second-order valence-electron chi connectivity index (χ2n) is 2.07. The number of carboxylic acids is 1. The highest BCUT2D eigenvalue weighted by Gasteiger charge is 2.15. The summed E-state index contributed by atoms with van der Waals surface area (Å²) in [6, 6.07) is -0.971. The van der Waals surface area contributed by atoms with E-state index in [4.69, 9.17) is 5.11 Å². The van der Waals surface area contributed by atoms with E-state index in [1.165, 1.54) is 0 Å². The van der Waals surface area contributed by atoms with Crippen LogP contribution in [0, 0.1) is 0 Å². The summed E-state index contributed by atoms with van der Waals surface area (Å²) < 4.78 is 22.0. The Hall–Kier alpha value is -0.620. The van der Waals surface area contributed by atoms with Crippen molar-refractivity contribution < 1.29 is 18.3 Å². The Balaban J connectivity index is 3.99. The Morgan fingerprint density at radius 2 is 2.18 bits per heavy atom. The van der Waals surface area contributed by atoms with Gasteiger partial charge in [0.1, 0.15) is 6.04 Å². The van der Waals surface area contributed by atoms with Crippen molar-refractivity contribution in [2.75, 3.05) is 0 Å². The molecule has 0 aliphatic carbocycles. The van der Waals surface area contributed by atoms with Crippen molar-refractivity contribution in [3.05, 3.63) is 0 Å². The summed E-state index contributed by atoms with van der Waals surface area (Å²) in [7, 11) is -2.81. The number of carboxylic acid groups (broad SMARTS) is 1. The maximum atomic E-state index is 10.3. The number of rotatable bonds is 5. The fourth-order valence-corrected chi connectivity index (χ4v) is 1.15. The van der Waals surface area contributed by atoms with Gasteiger partial charge in [0.05, 0.1) is 0 Å². The van der Waals surface area contributed by atoms with Crippen LogP contribution in [0.4, 0.5) is 0 Å². The van der Waals surface area contributed by atoms with Crippen LogP contribution in [0.5, 0.6) is 0 Å². The summed E-state index contributed by atoms with van der Waals surface area (Å²) in [6.45, 7) is 1.79. The van der Waals surface area contributed by atoms with E-state index >= 15 is 0 Å². The summed E-state index contributed by atoms with van der Waals surface area (Å²) in [6.07, 6.45) is 0.950. The van der Waals surface area contributed by atoms with E-state index in [-0.39, 0.29) is 0 Å². The fraction of sp³-hybridized carbons (Fsp3) is 0.800. The molecule has 0 saturated carbocycles. The monoisotopic (exact) mass is 181 g/mol. The van der Waals surface area contributed by atoms with E-state index in [1.54, 1.807) is 6.92 Å². The molecule has 0 heterocycles.